The van der Waals surface area contributed by atoms with Gasteiger partial charge in [0.1, 0.15) is 0 Å². The molecule has 1 saturated heterocycles. The molecule has 4 nitrogen and oxygen atoms in total. The molecule has 1 amide bonds. The van der Waals surface area contributed by atoms with Gasteiger partial charge in [-0.1, -0.05) is 0 Å². The van der Waals surface area contributed by atoms with Crippen LogP contribution in [0.1, 0.15) is 35.2 Å². The summed E-state index contributed by atoms with van der Waals surface area (Å²) in [7, 11) is 0. The molecule has 1 aromatic carbocycles. The first-order valence-corrected chi connectivity index (χ1v) is 8.25. The van der Waals surface area contributed by atoms with Crippen LogP contribution in [0.3, 0.4) is 0 Å². The van der Waals surface area contributed by atoms with Crippen LogP contribution >= 0.6 is 0 Å². The van der Waals surface area contributed by atoms with E-state index in [2.05, 4.69) is 4.90 Å². The quantitative estimate of drug-likeness (QED) is 0.897. The van der Waals surface area contributed by atoms with E-state index >= 15 is 0 Å². The number of alkyl halides is 3. The Balaban J connectivity index is 1.59. The van der Waals surface area contributed by atoms with Crippen molar-refractivity contribution in [1.82, 2.24) is 9.80 Å². The molecule has 0 radical (unpaired) electrons. The molecular formula is C17H21F3N2O2. The molecule has 3 rings (SSSR count). The number of nitrogens with zero attached hydrogens (tertiary/aromatic N) is 2. The van der Waals surface area contributed by atoms with Crippen molar-refractivity contribution in [2.45, 2.75) is 37.6 Å². The summed E-state index contributed by atoms with van der Waals surface area (Å²) in [5, 5.41) is 9.97. The van der Waals surface area contributed by atoms with Crippen molar-refractivity contribution in [2.75, 3.05) is 26.2 Å². The van der Waals surface area contributed by atoms with E-state index in [1.807, 2.05) is 0 Å². The molecule has 1 heterocycles. The normalized spacial score (nSPS) is 25.9. The number of hydrogen-bond donors (Lipinski definition) is 1. The van der Waals surface area contributed by atoms with Gasteiger partial charge >= 0.3 is 6.18 Å². The molecule has 0 spiro atoms. The highest BCUT2D eigenvalue weighted by atomic mass is 19.4. The second-order valence-corrected chi connectivity index (χ2v) is 6.47. The van der Waals surface area contributed by atoms with E-state index in [9.17, 15) is 23.1 Å². The number of carbonyl (C=O) groups excluding carboxylic acids is 1. The Morgan fingerprint density at radius 3 is 2.17 bits per heavy atom. The summed E-state index contributed by atoms with van der Waals surface area (Å²) in [6, 6.07) is 4.53. The van der Waals surface area contributed by atoms with E-state index in [-0.39, 0.29) is 23.6 Å². The molecule has 2 aliphatic rings. The average molecular weight is 342 g/mol. The van der Waals surface area contributed by atoms with Crippen molar-refractivity contribution in [3.63, 3.8) is 0 Å². The van der Waals surface area contributed by atoms with Crippen LogP contribution < -0.4 is 0 Å². The Bertz CT molecular complexity index is 580. The van der Waals surface area contributed by atoms with Gasteiger partial charge in [-0.05, 0) is 43.5 Å². The lowest BCUT2D eigenvalue weighted by Crippen LogP contribution is -2.53. The first kappa shape index (κ1) is 17.2. The summed E-state index contributed by atoms with van der Waals surface area (Å²) in [4.78, 5) is 16.3. The van der Waals surface area contributed by atoms with Gasteiger partial charge in [0.15, 0.2) is 0 Å². The number of halogens is 3. The highest BCUT2D eigenvalue weighted by molar-refractivity contribution is 5.94. The molecular weight excluding hydrogens is 321 g/mol. The Morgan fingerprint density at radius 1 is 1.04 bits per heavy atom. The van der Waals surface area contributed by atoms with Crippen molar-refractivity contribution >= 4 is 5.91 Å². The van der Waals surface area contributed by atoms with Gasteiger partial charge in [0.2, 0.25) is 0 Å². The average Bonchev–Trinajstić information content (AvgIpc) is 3.00. The Morgan fingerprint density at radius 2 is 1.67 bits per heavy atom. The van der Waals surface area contributed by atoms with Gasteiger partial charge in [0.25, 0.3) is 5.91 Å². The zero-order valence-electron chi connectivity index (χ0n) is 13.3. The monoisotopic (exact) mass is 342 g/mol. The van der Waals surface area contributed by atoms with E-state index in [4.69, 9.17) is 0 Å². The SMILES string of the molecule is O=C(c1ccc(C(F)(F)F)cc1)N1CCN([C@@H]2CCC[C@@H]2O)CC1. The maximum atomic E-state index is 12.6. The predicted octanol–water partition coefficient (Wildman–Crippen LogP) is 2.38. The fourth-order valence-corrected chi connectivity index (χ4v) is 3.59. The van der Waals surface area contributed by atoms with Crippen molar-refractivity contribution in [1.29, 1.82) is 0 Å². The minimum atomic E-state index is -4.39. The summed E-state index contributed by atoms with van der Waals surface area (Å²) in [6.45, 7) is 2.44. The van der Waals surface area contributed by atoms with Crippen molar-refractivity contribution in [3.8, 4) is 0 Å². The lowest BCUT2D eigenvalue weighted by atomic mass is 10.1. The lowest BCUT2D eigenvalue weighted by Gasteiger charge is -2.39. The fourth-order valence-electron chi connectivity index (χ4n) is 3.59. The van der Waals surface area contributed by atoms with Crippen LogP contribution in [0, 0.1) is 0 Å². The largest absolute Gasteiger partial charge is 0.416 e. The molecule has 24 heavy (non-hydrogen) atoms. The number of benzene rings is 1. The summed E-state index contributed by atoms with van der Waals surface area (Å²) in [5.74, 6) is -0.240. The van der Waals surface area contributed by atoms with Crippen LogP contribution in [-0.2, 0) is 6.18 Å². The second-order valence-electron chi connectivity index (χ2n) is 6.47. The molecule has 2 fully saturated rings. The van der Waals surface area contributed by atoms with Crippen LogP contribution in [0.15, 0.2) is 24.3 Å². The van der Waals surface area contributed by atoms with Crippen LogP contribution in [0.5, 0.6) is 0 Å². The molecule has 1 saturated carbocycles. The number of piperazine rings is 1. The molecule has 0 unspecified atom stereocenters. The molecule has 7 heteroatoms. The second kappa shape index (κ2) is 6.72. The van der Waals surface area contributed by atoms with Crippen molar-refractivity contribution in [2.24, 2.45) is 0 Å². The zero-order chi connectivity index (χ0) is 17.3. The molecule has 1 aliphatic carbocycles. The van der Waals surface area contributed by atoms with E-state index in [1.54, 1.807) is 4.90 Å². The van der Waals surface area contributed by atoms with Crippen LogP contribution in [-0.4, -0.2) is 59.1 Å². The number of rotatable bonds is 2. The maximum absolute atomic E-state index is 12.6. The fraction of sp³-hybridized carbons (Fsp3) is 0.588. The summed E-state index contributed by atoms with van der Waals surface area (Å²) in [6.07, 6.45) is -1.85. The topological polar surface area (TPSA) is 43.8 Å². The van der Waals surface area contributed by atoms with Crippen LogP contribution in [0.4, 0.5) is 13.2 Å². The minimum Gasteiger partial charge on any atom is -0.391 e. The molecule has 1 N–H and O–H groups in total. The number of aliphatic hydroxyl groups is 1. The maximum Gasteiger partial charge on any atom is 0.416 e. The molecule has 132 valence electrons. The summed E-state index contributed by atoms with van der Waals surface area (Å²) >= 11 is 0. The number of amides is 1. The van der Waals surface area contributed by atoms with E-state index in [0.29, 0.717) is 26.2 Å². The highest BCUT2D eigenvalue weighted by Gasteiger charge is 2.34. The highest BCUT2D eigenvalue weighted by Crippen LogP contribution is 2.29. The van der Waals surface area contributed by atoms with Gasteiger partial charge < -0.3 is 10.0 Å². The van der Waals surface area contributed by atoms with Gasteiger partial charge in [0.05, 0.1) is 11.7 Å². The van der Waals surface area contributed by atoms with E-state index in [1.165, 1.54) is 12.1 Å². The predicted molar refractivity (Wildman–Crippen MR) is 82.6 cm³/mol. The standard InChI is InChI=1S/C17H21F3N2O2/c18-17(19,20)13-6-4-12(5-7-13)16(24)22-10-8-21(9-11-22)14-2-1-3-15(14)23/h4-7,14-15,23H,1-3,8-11H2/t14-,15+/m1/s1. The third-order valence-electron chi connectivity index (χ3n) is 4.97. The Hall–Kier alpha value is -1.60. The third-order valence-corrected chi connectivity index (χ3v) is 4.97. The third kappa shape index (κ3) is 3.57. The van der Waals surface area contributed by atoms with Crippen LogP contribution in [0.2, 0.25) is 0 Å². The first-order valence-electron chi connectivity index (χ1n) is 8.25. The van der Waals surface area contributed by atoms with E-state index in [0.717, 1.165) is 31.4 Å². The zero-order valence-corrected chi connectivity index (χ0v) is 13.3. The van der Waals surface area contributed by atoms with E-state index < -0.39 is 11.7 Å². The lowest BCUT2D eigenvalue weighted by molar-refractivity contribution is -0.137. The Kier molecular flexibility index (Phi) is 4.83. The molecule has 0 bridgehead atoms. The number of carbonyl (C=O) groups is 1. The van der Waals surface area contributed by atoms with Gasteiger partial charge in [-0.25, -0.2) is 0 Å². The smallest absolute Gasteiger partial charge is 0.391 e. The van der Waals surface area contributed by atoms with Gasteiger partial charge in [-0.3, -0.25) is 9.69 Å². The minimum absolute atomic E-state index is 0.174. The first-order chi connectivity index (χ1) is 11.4. The van der Waals surface area contributed by atoms with Gasteiger partial charge in [-0.2, -0.15) is 13.2 Å². The summed E-state index contributed by atoms with van der Waals surface area (Å²) in [5.41, 5.74) is -0.476. The van der Waals surface area contributed by atoms with Gasteiger partial charge in [-0.15, -0.1) is 0 Å². The Labute approximate surface area is 138 Å². The van der Waals surface area contributed by atoms with Crippen molar-refractivity contribution < 1.29 is 23.1 Å². The van der Waals surface area contributed by atoms with Crippen molar-refractivity contribution in [3.05, 3.63) is 35.4 Å². The van der Waals surface area contributed by atoms with Crippen LogP contribution in [0.25, 0.3) is 0 Å². The molecule has 2 atom stereocenters. The molecule has 1 aromatic rings. The number of aliphatic hydroxyl groups excluding tert-OH is 1. The molecule has 1 aliphatic heterocycles. The molecule has 0 aromatic heterocycles. The summed E-state index contributed by atoms with van der Waals surface area (Å²) < 4.78 is 37.7. The van der Waals surface area contributed by atoms with Gasteiger partial charge in [0, 0.05) is 37.8 Å². The number of hydrogen-bond acceptors (Lipinski definition) is 3.